The Kier molecular flexibility index (Phi) is 4.29. The standard InChI is InChI=1S/C20H20O/c1-5-15-6-10-17(11-7-15)19(21)18-12-8-16(9-13-18)14-20(2,3)4/h1,6-13H,14H2,2-4H3. The van der Waals surface area contributed by atoms with Crippen LogP contribution >= 0.6 is 0 Å². The van der Waals surface area contributed by atoms with E-state index in [4.69, 9.17) is 6.42 Å². The molecule has 0 fully saturated rings. The number of hydrogen-bond acceptors (Lipinski definition) is 1. The lowest BCUT2D eigenvalue weighted by Gasteiger charge is -2.18. The zero-order valence-electron chi connectivity index (χ0n) is 12.8. The normalized spacial score (nSPS) is 11.0. The Bertz CT molecular complexity index is 662. The first-order valence-corrected chi connectivity index (χ1v) is 7.09. The van der Waals surface area contributed by atoms with Crippen LogP contribution in [-0.2, 0) is 6.42 Å². The van der Waals surface area contributed by atoms with Crippen molar-refractivity contribution in [3.8, 4) is 12.3 Å². The van der Waals surface area contributed by atoms with E-state index in [0.29, 0.717) is 11.1 Å². The SMILES string of the molecule is C#Cc1ccc(C(=O)c2ccc(CC(C)(C)C)cc2)cc1. The first-order valence-electron chi connectivity index (χ1n) is 7.09. The molecule has 0 N–H and O–H groups in total. The Balaban J connectivity index is 2.18. The van der Waals surface area contributed by atoms with Crippen LogP contribution in [0.15, 0.2) is 48.5 Å². The summed E-state index contributed by atoms with van der Waals surface area (Å²) in [5.74, 6) is 2.58. The molecule has 0 saturated carbocycles. The van der Waals surface area contributed by atoms with Gasteiger partial charge in [-0.05, 0) is 41.7 Å². The highest BCUT2D eigenvalue weighted by Crippen LogP contribution is 2.21. The summed E-state index contributed by atoms with van der Waals surface area (Å²) in [4.78, 5) is 12.4. The van der Waals surface area contributed by atoms with Gasteiger partial charge in [-0.3, -0.25) is 4.79 Å². The van der Waals surface area contributed by atoms with Crippen molar-refractivity contribution in [3.05, 3.63) is 70.8 Å². The summed E-state index contributed by atoms with van der Waals surface area (Å²) >= 11 is 0. The molecule has 0 atom stereocenters. The number of ketones is 1. The Morgan fingerprint density at radius 2 is 1.43 bits per heavy atom. The second kappa shape index (κ2) is 5.97. The molecule has 0 aliphatic heterocycles. The van der Waals surface area contributed by atoms with Crippen LogP contribution in [0.5, 0.6) is 0 Å². The molecule has 0 aliphatic rings. The van der Waals surface area contributed by atoms with Crippen molar-refractivity contribution in [1.29, 1.82) is 0 Å². The first-order chi connectivity index (χ1) is 9.89. The molecule has 0 bridgehead atoms. The fourth-order valence-corrected chi connectivity index (χ4v) is 2.27. The zero-order valence-corrected chi connectivity index (χ0v) is 12.8. The molecule has 0 saturated heterocycles. The van der Waals surface area contributed by atoms with Gasteiger partial charge in [-0.15, -0.1) is 6.42 Å². The van der Waals surface area contributed by atoms with Crippen molar-refractivity contribution in [2.45, 2.75) is 27.2 Å². The van der Waals surface area contributed by atoms with Crippen LogP contribution in [0.3, 0.4) is 0 Å². The molecule has 0 amide bonds. The van der Waals surface area contributed by atoms with Crippen LogP contribution < -0.4 is 0 Å². The molecule has 0 aliphatic carbocycles. The topological polar surface area (TPSA) is 17.1 Å². The smallest absolute Gasteiger partial charge is 0.193 e. The molecule has 0 aromatic heterocycles. The molecule has 0 unspecified atom stereocenters. The van der Waals surface area contributed by atoms with Crippen LogP contribution in [0.2, 0.25) is 0 Å². The number of terminal acetylenes is 1. The lowest BCUT2D eigenvalue weighted by molar-refractivity contribution is 0.103. The van der Waals surface area contributed by atoms with E-state index < -0.39 is 0 Å². The second-order valence-corrected chi connectivity index (χ2v) is 6.49. The van der Waals surface area contributed by atoms with Crippen molar-refractivity contribution in [1.82, 2.24) is 0 Å². The molecule has 0 heterocycles. The molecule has 2 aromatic carbocycles. The van der Waals surface area contributed by atoms with E-state index in [9.17, 15) is 4.79 Å². The highest BCUT2D eigenvalue weighted by Gasteiger charge is 2.13. The Morgan fingerprint density at radius 3 is 1.86 bits per heavy atom. The van der Waals surface area contributed by atoms with E-state index in [1.807, 2.05) is 24.3 Å². The van der Waals surface area contributed by atoms with Gasteiger partial charge < -0.3 is 0 Å². The minimum absolute atomic E-state index is 0.0286. The molecule has 0 radical (unpaired) electrons. The molecule has 1 nitrogen and oxygen atoms in total. The molecular weight excluding hydrogens is 256 g/mol. The second-order valence-electron chi connectivity index (χ2n) is 6.49. The molecule has 2 rings (SSSR count). The van der Waals surface area contributed by atoms with Gasteiger partial charge in [0, 0.05) is 16.7 Å². The summed E-state index contributed by atoms with van der Waals surface area (Å²) in [5, 5.41) is 0. The van der Waals surface area contributed by atoms with Crippen LogP contribution in [0, 0.1) is 17.8 Å². The van der Waals surface area contributed by atoms with Crippen molar-refractivity contribution >= 4 is 5.78 Å². The number of carbonyl (C=O) groups is 1. The van der Waals surface area contributed by atoms with Gasteiger partial charge in [0.15, 0.2) is 5.78 Å². The molecule has 2 aromatic rings. The van der Waals surface area contributed by atoms with E-state index in [1.54, 1.807) is 24.3 Å². The van der Waals surface area contributed by atoms with Crippen LogP contribution in [-0.4, -0.2) is 5.78 Å². The van der Waals surface area contributed by atoms with E-state index in [-0.39, 0.29) is 11.2 Å². The number of carbonyl (C=O) groups excluding carboxylic acids is 1. The maximum atomic E-state index is 12.4. The Hall–Kier alpha value is -2.33. The fraction of sp³-hybridized carbons (Fsp3) is 0.250. The third kappa shape index (κ3) is 4.07. The number of benzene rings is 2. The summed E-state index contributed by atoms with van der Waals surface area (Å²) in [6, 6.07) is 15.0. The molecule has 0 spiro atoms. The highest BCUT2D eigenvalue weighted by atomic mass is 16.1. The van der Waals surface area contributed by atoms with Crippen LogP contribution in [0.1, 0.15) is 47.8 Å². The average molecular weight is 276 g/mol. The van der Waals surface area contributed by atoms with Gasteiger partial charge in [0.1, 0.15) is 0 Å². The minimum Gasteiger partial charge on any atom is -0.289 e. The van der Waals surface area contributed by atoms with E-state index in [2.05, 4.69) is 26.7 Å². The highest BCUT2D eigenvalue weighted by molar-refractivity contribution is 6.09. The Morgan fingerprint density at radius 1 is 0.952 bits per heavy atom. The van der Waals surface area contributed by atoms with E-state index >= 15 is 0 Å². The summed E-state index contributed by atoms with van der Waals surface area (Å²) in [5.41, 5.74) is 3.66. The molecule has 106 valence electrons. The minimum atomic E-state index is 0.0286. The fourth-order valence-electron chi connectivity index (χ4n) is 2.27. The quantitative estimate of drug-likeness (QED) is 0.596. The summed E-state index contributed by atoms with van der Waals surface area (Å²) in [6.45, 7) is 6.62. The van der Waals surface area contributed by atoms with Gasteiger partial charge in [0.05, 0.1) is 0 Å². The van der Waals surface area contributed by atoms with Crippen molar-refractivity contribution in [3.63, 3.8) is 0 Å². The zero-order chi connectivity index (χ0) is 15.5. The van der Waals surface area contributed by atoms with E-state index in [1.165, 1.54) is 5.56 Å². The van der Waals surface area contributed by atoms with Gasteiger partial charge in [0.2, 0.25) is 0 Å². The van der Waals surface area contributed by atoms with E-state index in [0.717, 1.165) is 12.0 Å². The van der Waals surface area contributed by atoms with Gasteiger partial charge >= 0.3 is 0 Å². The lowest BCUT2D eigenvalue weighted by atomic mass is 9.87. The summed E-state index contributed by atoms with van der Waals surface area (Å²) < 4.78 is 0. The van der Waals surface area contributed by atoms with Gasteiger partial charge in [0.25, 0.3) is 0 Å². The number of rotatable bonds is 3. The van der Waals surface area contributed by atoms with Gasteiger partial charge in [-0.1, -0.05) is 51.0 Å². The van der Waals surface area contributed by atoms with Crippen molar-refractivity contribution in [2.24, 2.45) is 5.41 Å². The molecule has 21 heavy (non-hydrogen) atoms. The maximum absolute atomic E-state index is 12.4. The van der Waals surface area contributed by atoms with Gasteiger partial charge in [-0.2, -0.15) is 0 Å². The predicted molar refractivity (Wildman–Crippen MR) is 87.4 cm³/mol. The third-order valence-electron chi connectivity index (χ3n) is 3.26. The predicted octanol–water partition coefficient (Wildman–Crippen LogP) is 4.49. The number of hydrogen-bond donors (Lipinski definition) is 0. The monoisotopic (exact) mass is 276 g/mol. The van der Waals surface area contributed by atoms with Crippen LogP contribution in [0.4, 0.5) is 0 Å². The Labute approximate surface area is 127 Å². The maximum Gasteiger partial charge on any atom is 0.193 e. The average Bonchev–Trinajstić information content (AvgIpc) is 2.46. The van der Waals surface area contributed by atoms with Crippen molar-refractivity contribution in [2.75, 3.05) is 0 Å². The largest absolute Gasteiger partial charge is 0.289 e. The molecule has 1 heteroatoms. The first kappa shape index (κ1) is 15.1. The molecular formula is C20H20O. The third-order valence-corrected chi connectivity index (χ3v) is 3.26. The van der Waals surface area contributed by atoms with Crippen LogP contribution in [0.25, 0.3) is 0 Å². The summed E-state index contributed by atoms with van der Waals surface area (Å²) in [6.07, 6.45) is 6.32. The van der Waals surface area contributed by atoms with Crippen molar-refractivity contribution < 1.29 is 4.79 Å². The van der Waals surface area contributed by atoms with Gasteiger partial charge in [-0.25, -0.2) is 0 Å². The lowest BCUT2D eigenvalue weighted by Crippen LogP contribution is -2.09. The summed E-state index contributed by atoms with van der Waals surface area (Å²) in [7, 11) is 0.